The average Bonchev–Trinajstić information content (AvgIpc) is 2.87. The van der Waals surface area contributed by atoms with Crippen LogP contribution in [0, 0.1) is 17.8 Å². The SMILES string of the molecule is CN1C(=O)C(c2ccccc2)(C2CCC3CCCCC3C2)N=C1N. The standard InChI is InChI=1S/C20H27N3O/c1-23-18(24)20(22-19(23)21,16-9-3-2-4-10-16)17-12-11-14-7-5-6-8-15(14)13-17/h2-4,9-10,14-15,17H,5-8,11-13H2,1H3,(H2,21,22). The number of nitrogens with zero attached hydrogens (tertiary/aromatic N) is 2. The van der Waals surface area contributed by atoms with Gasteiger partial charge in [0.1, 0.15) is 0 Å². The highest BCUT2D eigenvalue weighted by atomic mass is 16.2. The normalized spacial score (nSPS) is 36.4. The molecule has 1 amide bonds. The molecular weight excluding hydrogens is 298 g/mol. The third-order valence-corrected chi connectivity index (χ3v) is 6.61. The topological polar surface area (TPSA) is 58.7 Å². The fraction of sp³-hybridized carbons (Fsp3) is 0.600. The molecule has 1 aliphatic heterocycles. The molecule has 0 saturated heterocycles. The molecule has 4 unspecified atom stereocenters. The van der Waals surface area contributed by atoms with Crippen LogP contribution in [0.15, 0.2) is 35.3 Å². The zero-order valence-electron chi connectivity index (χ0n) is 14.4. The maximum absolute atomic E-state index is 13.2. The lowest BCUT2D eigenvalue weighted by atomic mass is 9.61. The molecule has 128 valence electrons. The highest BCUT2D eigenvalue weighted by molar-refractivity contribution is 6.07. The van der Waals surface area contributed by atoms with Crippen LogP contribution in [0.25, 0.3) is 0 Å². The average molecular weight is 325 g/mol. The zero-order chi connectivity index (χ0) is 16.7. The van der Waals surface area contributed by atoms with Gasteiger partial charge in [-0.05, 0) is 42.6 Å². The molecule has 2 fully saturated rings. The number of aliphatic imine (C=N–C) groups is 1. The third-order valence-electron chi connectivity index (χ3n) is 6.61. The number of guanidine groups is 1. The summed E-state index contributed by atoms with van der Waals surface area (Å²) in [7, 11) is 1.75. The van der Waals surface area contributed by atoms with Gasteiger partial charge in [-0.2, -0.15) is 0 Å². The predicted molar refractivity (Wildman–Crippen MR) is 95.3 cm³/mol. The number of amides is 1. The van der Waals surface area contributed by atoms with Crippen molar-refractivity contribution >= 4 is 11.9 Å². The molecule has 1 heterocycles. The second-order valence-corrected chi connectivity index (χ2v) is 7.78. The Kier molecular flexibility index (Phi) is 3.86. The van der Waals surface area contributed by atoms with E-state index in [0.29, 0.717) is 5.96 Å². The summed E-state index contributed by atoms with van der Waals surface area (Å²) in [5.74, 6) is 2.28. The van der Waals surface area contributed by atoms with Crippen LogP contribution >= 0.6 is 0 Å². The van der Waals surface area contributed by atoms with Gasteiger partial charge in [-0.25, -0.2) is 4.99 Å². The smallest absolute Gasteiger partial charge is 0.261 e. The number of carbonyl (C=O) groups excluding carboxylic acids is 1. The monoisotopic (exact) mass is 325 g/mol. The molecular formula is C20H27N3O. The van der Waals surface area contributed by atoms with Gasteiger partial charge in [-0.3, -0.25) is 9.69 Å². The van der Waals surface area contributed by atoms with Crippen molar-refractivity contribution in [2.45, 2.75) is 50.5 Å². The largest absolute Gasteiger partial charge is 0.369 e. The first kappa shape index (κ1) is 15.7. The molecule has 4 heteroatoms. The van der Waals surface area contributed by atoms with Crippen LogP contribution in [0.3, 0.4) is 0 Å². The van der Waals surface area contributed by atoms with E-state index < -0.39 is 5.54 Å². The lowest BCUT2D eigenvalue weighted by molar-refractivity contribution is -0.133. The molecule has 4 atom stereocenters. The second kappa shape index (κ2) is 5.91. The number of rotatable bonds is 2. The number of hydrogen-bond acceptors (Lipinski definition) is 3. The molecule has 0 aromatic heterocycles. The summed E-state index contributed by atoms with van der Waals surface area (Å²) in [4.78, 5) is 19.6. The summed E-state index contributed by atoms with van der Waals surface area (Å²) < 4.78 is 0. The fourth-order valence-electron chi connectivity index (χ4n) is 5.30. The summed E-state index contributed by atoms with van der Waals surface area (Å²) in [6.45, 7) is 0. The van der Waals surface area contributed by atoms with Crippen LogP contribution in [0.5, 0.6) is 0 Å². The minimum atomic E-state index is -0.803. The molecule has 24 heavy (non-hydrogen) atoms. The van der Waals surface area contributed by atoms with E-state index in [9.17, 15) is 4.79 Å². The Labute approximate surface area is 144 Å². The molecule has 0 spiro atoms. The van der Waals surface area contributed by atoms with Gasteiger partial charge in [0.05, 0.1) is 0 Å². The minimum Gasteiger partial charge on any atom is -0.369 e. The van der Waals surface area contributed by atoms with E-state index in [1.165, 1.54) is 32.1 Å². The van der Waals surface area contributed by atoms with E-state index in [1.807, 2.05) is 30.3 Å². The van der Waals surface area contributed by atoms with E-state index in [0.717, 1.165) is 30.2 Å². The highest BCUT2D eigenvalue weighted by Gasteiger charge is 2.54. The van der Waals surface area contributed by atoms with Crippen LogP contribution < -0.4 is 5.73 Å². The predicted octanol–water partition coefficient (Wildman–Crippen LogP) is 3.28. The van der Waals surface area contributed by atoms with E-state index in [2.05, 4.69) is 0 Å². The summed E-state index contributed by atoms with van der Waals surface area (Å²) in [5, 5.41) is 0. The van der Waals surface area contributed by atoms with Crippen LogP contribution in [0.1, 0.15) is 50.5 Å². The second-order valence-electron chi connectivity index (χ2n) is 7.78. The van der Waals surface area contributed by atoms with E-state index in [-0.39, 0.29) is 11.8 Å². The van der Waals surface area contributed by atoms with Gasteiger partial charge >= 0.3 is 0 Å². The van der Waals surface area contributed by atoms with Crippen LogP contribution in [0.2, 0.25) is 0 Å². The Balaban J connectivity index is 1.73. The molecule has 0 bridgehead atoms. The van der Waals surface area contributed by atoms with Crippen LogP contribution in [-0.2, 0) is 10.3 Å². The first-order valence-corrected chi connectivity index (χ1v) is 9.32. The third kappa shape index (κ3) is 2.27. The van der Waals surface area contributed by atoms with Gasteiger partial charge in [-0.15, -0.1) is 0 Å². The lowest BCUT2D eigenvalue weighted by Crippen LogP contribution is -2.47. The van der Waals surface area contributed by atoms with Gasteiger partial charge in [-0.1, -0.05) is 56.0 Å². The van der Waals surface area contributed by atoms with Crippen molar-refractivity contribution in [3.05, 3.63) is 35.9 Å². The first-order chi connectivity index (χ1) is 11.6. The van der Waals surface area contributed by atoms with Crippen molar-refractivity contribution in [2.24, 2.45) is 28.5 Å². The summed E-state index contributed by atoms with van der Waals surface area (Å²) in [6, 6.07) is 10.1. The van der Waals surface area contributed by atoms with Crippen LogP contribution in [-0.4, -0.2) is 23.8 Å². The van der Waals surface area contributed by atoms with Gasteiger partial charge in [0.15, 0.2) is 11.5 Å². The molecule has 1 aromatic carbocycles. The van der Waals surface area contributed by atoms with Crippen molar-refractivity contribution in [3.8, 4) is 0 Å². The number of likely N-dealkylation sites (N-methyl/N-ethyl adjacent to an activating group) is 1. The lowest BCUT2D eigenvalue weighted by Gasteiger charge is -2.44. The van der Waals surface area contributed by atoms with Crippen LogP contribution in [0.4, 0.5) is 0 Å². The van der Waals surface area contributed by atoms with Gasteiger partial charge in [0, 0.05) is 7.05 Å². The number of hydrogen-bond donors (Lipinski definition) is 1. The van der Waals surface area contributed by atoms with E-state index in [4.69, 9.17) is 10.7 Å². The minimum absolute atomic E-state index is 0.0467. The maximum atomic E-state index is 13.2. The molecule has 3 aliphatic rings. The van der Waals surface area contributed by atoms with Crippen molar-refractivity contribution in [2.75, 3.05) is 7.05 Å². The number of carbonyl (C=O) groups is 1. The Morgan fingerprint density at radius 3 is 2.46 bits per heavy atom. The van der Waals surface area contributed by atoms with Gasteiger partial charge in [0.25, 0.3) is 5.91 Å². The molecule has 2 N–H and O–H groups in total. The number of fused-ring (bicyclic) bond motifs is 1. The van der Waals surface area contributed by atoms with Gasteiger partial charge < -0.3 is 5.73 Å². The fourth-order valence-corrected chi connectivity index (χ4v) is 5.30. The van der Waals surface area contributed by atoms with Crippen molar-refractivity contribution in [1.82, 2.24) is 4.90 Å². The van der Waals surface area contributed by atoms with Crippen molar-refractivity contribution in [3.63, 3.8) is 0 Å². The quantitative estimate of drug-likeness (QED) is 0.907. The van der Waals surface area contributed by atoms with E-state index in [1.54, 1.807) is 11.9 Å². The Morgan fingerprint density at radius 1 is 1.08 bits per heavy atom. The van der Waals surface area contributed by atoms with Crippen molar-refractivity contribution in [1.29, 1.82) is 0 Å². The summed E-state index contributed by atoms with van der Waals surface area (Å²) in [5.41, 5.74) is 6.27. The Hall–Kier alpha value is -1.84. The van der Waals surface area contributed by atoms with E-state index >= 15 is 0 Å². The Morgan fingerprint density at radius 2 is 1.79 bits per heavy atom. The maximum Gasteiger partial charge on any atom is 0.261 e. The first-order valence-electron chi connectivity index (χ1n) is 9.32. The molecule has 4 nitrogen and oxygen atoms in total. The molecule has 0 radical (unpaired) electrons. The molecule has 1 aromatic rings. The summed E-state index contributed by atoms with van der Waals surface area (Å²) >= 11 is 0. The van der Waals surface area contributed by atoms with Crippen molar-refractivity contribution < 1.29 is 4.79 Å². The molecule has 2 saturated carbocycles. The zero-order valence-corrected chi connectivity index (χ0v) is 14.4. The van der Waals surface area contributed by atoms with Gasteiger partial charge in [0.2, 0.25) is 0 Å². The number of nitrogens with two attached hydrogens (primary N) is 1. The molecule has 2 aliphatic carbocycles. The summed E-state index contributed by atoms with van der Waals surface area (Å²) in [6.07, 6.45) is 8.82. The number of benzene rings is 1. The highest BCUT2D eigenvalue weighted by Crippen LogP contribution is 2.51. The Bertz CT molecular complexity index is 656. The molecule has 4 rings (SSSR count).